The molecule has 0 aliphatic carbocycles. The first-order chi connectivity index (χ1) is 32.3. The molecule has 0 atom stereocenters. The lowest BCUT2D eigenvalue weighted by Crippen LogP contribution is -2.57. The molecule has 0 saturated heterocycles. The van der Waals surface area contributed by atoms with Gasteiger partial charge in [0.25, 0.3) is 0 Å². The number of hydrogen-bond donors (Lipinski definition) is 0. The van der Waals surface area contributed by atoms with Crippen LogP contribution in [0.15, 0.2) is 114 Å². The highest BCUT2D eigenvalue weighted by Gasteiger charge is 2.62. The second kappa shape index (κ2) is 13.0. The van der Waals surface area contributed by atoms with Gasteiger partial charge in [0.15, 0.2) is 0 Å². The Morgan fingerprint density at radius 2 is 0.696 bits per heavy atom. The van der Waals surface area contributed by atoms with Gasteiger partial charge in [-0.1, -0.05) is 184 Å². The molecule has 0 fully saturated rings. The maximum absolute atomic E-state index is 7.90. The van der Waals surface area contributed by atoms with Gasteiger partial charge >= 0.3 is 14.0 Å². The first kappa shape index (κ1) is 43.0. The molecule has 346 valence electrons. The van der Waals surface area contributed by atoms with Crippen molar-refractivity contribution in [2.24, 2.45) is 0 Å². The molecule has 6 aliphatic heterocycles. The lowest BCUT2D eigenvalue weighted by Gasteiger charge is -2.38. The Bertz CT molecular complexity index is 3210. The van der Waals surface area contributed by atoms with Crippen molar-refractivity contribution in [1.82, 2.24) is 0 Å². The Hall–Kier alpha value is -6.07. The highest BCUT2D eigenvalue weighted by Crippen LogP contribution is 2.67. The van der Waals surface area contributed by atoms with Gasteiger partial charge in [0, 0.05) is 44.7 Å². The first-order valence-corrected chi connectivity index (χ1v) is 25.5. The maximum atomic E-state index is 7.90. The van der Waals surface area contributed by atoms with Crippen molar-refractivity contribution in [3.8, 4) is 22.3 Å². The summed E-state index contributed by atoms with van der Waals surface area (Å²) >= 11 is 0. The molecular formula is C62H66B2N4O. The normalized spacial score (nSPS) is 17.3. The fraction of sp³-hybridized carbons (Fsp3) is 0.355. The highest BCUT2D eigenvalue weighted by molar-refractivity contribution is 6.89. The quantitative estimate of drug-likeness (QED) is 0.141. The number of rotatable bonds is 0. The second-order valence-electron chi connectivity index (χ2n) is 26.3. The molecule has 1 aromatic heterocycles. The van der Waals surface area contributed by atoms with E-state index in [0.717, 1.165) is 23.1 Å². The van der Waals surface area contributed by atoms with E-state index in [9.17, 15) is 0 Å². The Morgan fingerprint density at radius 1 is 0.362 bits per heavy atom. The molecule has 0 N–H and O–H groups in total. The number of benzene rings is 6. The average Bonchev–Trinajstić information content (AvgIpc) is 3.89. The third kappa shape index (κ3) is 5.45. The standard InChI is InChI=1S/C62H66B2N4O/c1-57(2,3)35-23-27-47-41(31-35)39-19-17-21-43-51(39)63-65(49-29-25-37(59(7,8)9)33-45(49)61(43,13)14)53-54-56(69-55(53)67(47)63)68-48-28-24-36(58(4,5)6)32-42(48)40-20-18-22-44-52(40)64(68)66(54)50-30-26-38(60(10,11)12)34-46(50)62(44,15)16/h17-34H,1-16H3. The van der Waals surface area contributed by atoms with Crippen LogP contribution in [-0.2, 0) is 32.5 Å². The van der Waals surface area contributed by atoms with Gasteiger partial charge in [-0.3, -0.25) is 0 Å². The Balaban J connectivity index is 1.19. The van der Waals surface area contributed by atoms with Gasteiger partial charge < -0.3 is 23.7 Å². The van der Waals surface area contributed by atoms with Crippen molar-refractivity contribution in [1.29, 1.82) is 0 Å². The number of fused-ring (bicyclic) bond motifs is 17. The summed E-state index contributed by atoms with van der Waals surface area (Å²) in [6.07, 6.45) is 0. The van der Waals surface area contributed by atoms with Crippen molar-refractivity contribution < 1.29 is 4.42 Å². The van der Waals surface area contributed by atoms with E-state index in [1.165, 1.54) is 100 Å². The molecule has 6 aromatic carbocycles. The summed E-state index contributed by atoms with van der Waals surface area (Å²) in [5.41, 5.74) is 25.1. The summed E-state index contributed by atoms with van der Waals surface area (Å²) in [4.78, 5) is 10.6. The molecule has 7 heteroatoms. The fourth-order valence-corrected chi connectivity index (χ4v) is 13.2. The number of furan rings is 1. The molecular weight excluding hydrogens is 838 g/mol. The Kier molecular flexibility index (Phi) is 8.11. The molecule has 7 heterocycles. The van der Waals surface area contributed by atoms with Gasteiger partial charge in [0.2, 0.25) is 11.8 Å². The number of anilines is 8. The van der Waals surface area contributed by atoms with E-state index in [2.05, 4.69) is 239 Å². The zero-order valence-corrected chi connectivity index (χ0v) is 43.7. The molecule has 69 heavy (non-hydrogen) atoms. The summed E-state index contributed by atoms with van der Waals surface area (Å²) in [6.45, 7) is 37.6. The topological polar surface area (TPSA) is 26.1 Å². The van der Waals surface area contributed by atoms with Crippen LogP contribution in [-0.4, -0.2) is 14.0 Å². The van der Waals surface area contributed by atoms with Crippen LogP contribution < -0.4 is 30.2 Å². The van der Waals surface area contributed by atoms with Crippen LogP contribution >= 0.6 is 0 Å². The number of hydrogen-bond acceptors (Lipinski definition) is 5. The summed E-state index contributed by atoms with van der Waals surface area (Å²) < 4.78 is 7.90. The van der Waals surface area contributed by atoms with Gasteiger partial charge in [0.1, 0.15) is 11.4 Å². The lowest BCUT2D eigenvalue weighted by atomic mass is 9.56. The zero-order chi connectivity index (χ0) is 48.6. The summed E-state index contributed by atoms with van der Waals surface area (Å²) in [6, 6.07) is 43.4. The van der Waals surface area contributed by atoms with Crippen LogP contribution in [0.25, 0.3) is 22.3 Å². The lowest BCUT2D eigenvalue weighted by molar-refractivity contribution is 0.582. The minimum Gasteiger partial charge on any atom is -0.422 e. The molecule has 5 nitrogen and oxygen atoms in total. The van der Waals surface area contributed by atoms with E-state index in [1.807, 2.05) is 0 Å². The SMILES string of the molecule is CC(C)(C)c1ccc2c(c1)-c1cccc3c1B1N2c2oc4c(c2N1c1ccc(C(C)(C)C)cc1C3(C)C)N1B2c3c(cccc3C(C)(C)c3cc(C(C)(C)C)ccc31)-c1cc(C(C)(C)C)ccc1N24. The maximum Gasteiger partial charge on any atom is 0.424 e. The minimum absolute atomic E-state index is 0.0238. The van der Waals surface area contributed by atoms with Gasteiger partial charge in [-0.2, -0.15) is 0 Å². The molecule has 0 unspecified atom stereocenters. The van der Waals surface area contributed by atoms with E-state index in [1.54, 1.807) is 0 Å². The van der Waals surface area contributed by atoms with E-state index in [4.69, 9.17) is 4.42 Å². The van der Waals surface area contributed by atoms with Gasteiger partial charge in [-0.25, -0.2) is 0 Å². The van der Waals surface area contributed by atoms with Crippen molar-refractivity contribution in [3.05, 3.63) is 154 Å². The van der Waals surface area contributed by atoms with E-state index in [0.29, 0.717) is 0 Å². The summed E-state index contributed by atoms with van der Waals surface area (Å²) in [5, 5.41) is 0. The smallest absolute Gasteiger partial charge is 0.422 e. The third-order valence-corrected chi connectivity index (χ3v) is 17.2. The van der Waals surface area contributed by atoms with Crippen LogP contribution in [0, 0.1) is 0 Å². The van der Waals surface area contributed by atoms with Crippen LogP contribution in [0.1, 0.15) is 155 Å². The molecule has 6 aliphatic rings. The zero-order valence-electron chi connectivity index (χ0n) is 43.7. The van der Waals surface area contributed by atoms with Crippen LogP contribution in [0.4, 0.5) is 45.9 Å². The molecule has 0 spiro atoms. The average molecular weight is 905 g/mol. The van der Waals surface area contributed by atoms with E-state index < -0.39 is 0 Å². The van der Waals surface area contributed by atoms with Crippen molar-refractivity contribution in [2.45, 2.75) is 143 Å². The third-order valence-electron chi connectivity index (χ3n) is 17.2. The minimum atomic E-state index is -0.318. The number of nitrogens with zero attached hydrogens (tertiary/aromatic N) is 4. The van der Waals surface area contributed by atoms with Gasteiger partial charge in [-0.05, 0) is 125 Å². The molecule has 0 saturated carbocycles. The van der Waals surface area contributed by atoms with Gasteiger partial charge in [-0.15, -0.1) is 0 Å². The molecule has 0 radical (unpaired) electrons. The first-order valence-electron chi connectivity index (χ1n) is 25.5. The van der Waals surface area contributed by atoms with Crippen molar-refractivity contribution >= 4 is 70.8 Å². The fourth-order valence-electron chi connectivity index (χ4n) is 13.2. The molecule has 0 amide bonds. The largest absolute Gasteiger partial charge is 0.424 e. The molecule has 7 aromatic rings. The summed E-state index contributed by atoms with van der Waals surface area (Å²) in [7, 11) is 0. The van der Waals surface area contributed by atoms with Gasteiger partial charge in [0.05, 0.1) is 0 Å². The summed E-state index contributed by atoms with van der Waals surface area (Å²) in [5.74, 6) is 1.81. The monoisotopic (exact) mass is 905 g/mol. The van der Waals surface area contributed by atoms with Crippen molar-refractivity contribution in [3.63, 3.8) is 0 Å². The molecule has 13 rings (SSSR count). The van der Waals surface area contributed by atoms with Crippen LogP contribution in [0.5, 0.6) is 0 Å². The second-order valence-corrected chi connectivity index (χ2v) is 26.3. The van der Waals surface area contributed by atoms with E-state index >= 15 is 0 Å². The predicted molar refractivity (Wildman–Crippen MR) is 294 cm³/mol. The Morgan fingerprint density at radius 3 is 1.04 bits per heavy atom. The highest BCUT2D eigenvalue weighted by atomic mass is 16.4. The molecule has 0 bridgehead atoms. The van der Waals surface area contributed by atoms with Crippen LogP contribution in [0.2, 0.25) is 0 Å². The van der Waals surface area contributed by atoms with E-state index in [-0.39, 0.29) is 46.5 Å². The Labute approximate surface area is 411 Å². The predicted octanol–water partition coefficient (Wildman–Crippen LogP) is 15.1. The van der Waals surface area contributed by atoms with Crippen LogP contribution in [0.3, 0.4) is 0 Å². The van der Waals surface area contributed by atoms with Crippen molar-refractivity contribution in [2.75, 3.05) is 19.2 Å².